The SMILES string of the molecule is N#CCC1(O)CN(C(=O)C2CC(=O)N(CCc3ccccc3)C2)C1. The number of nitrogens with zero attached hydrogens (tertiary/aromatic N) is 3. The Hall–Kier alpha value is -2.39. The summed E-state index contributed by atoms with van der Waals surface area (Å²) in [5.74, 6) is -0.412. The number of benzene rings is 1. The van der Waals surface area contributed by atoms with E-state index in [1.165, 1.54) is 5.56 Å². The fourth-order valence-corrected chi connectivity index (χ4v) is 3.40. The fraction of sp³-hybridized carbons (Fsp3) is 0.500. The van der Waals surface area contributed by atoms with Crippen LogP contribution in [0.15, 0.2) is 30.3 Å². The van der Waals surface area contributed by atoms with E-state index < -0.39 is 5.60 Å². The van der Waals surface area contributed by atoms with Crippen molar-refractivity contribution >= 4 is 11.8 Å². The van der Waals surface area contributed by atoms with Crippen LogP contribution >= 0.6 is 0 Å². The van der Waals surface area contributed by atoms with Gasteiger partial charge in [0.25, 0.3) is 0 Å². The van der Waals surface area contributed by atoms with Crippen LogP contribution in [0.5, 0.6) is 0 Å². The number of nitriles is 1. The maximum absolute atomic E-state index is 12.4. The van der Waals surface area contributed by atoms with Gasteiger partial charge in [0.05, 0.1) is 31.5 Å². The maximum atomic E-state index is 12.4. The van der Waals surface area contributed by atoms with Crippen LogP contribution in [-0.2, 0) is 16.0 Å². The molecular weight excluding hydrogens is 306 g/mol. The topological polar surface area (TPSA) is 84.6 Å². The average Bonchev–Trinajstić information content (AvgIpc) is 2.92. The molecule has 0 aromatic heterocycles. The van der Waals surface area contributed by atoms with Crippen LogP contribution in [0.3, 0.4) is 0 Å². The van der Waals surface area contributed by atoms with Crippen LogP contribution in [0.25, 0.3) is 0 Å². The van der Waals surface area contributed by atoms with Crippen LogP contribution in [0.4, 0.5) is 0 Å². The molecule has 2 fully saturated rings. The van der Waals surface area contributed by atoms with Crippen molar-refractivity contribution in [1.82, 2.24) is 9.80 Å². The van der Waals surface area contributed by atoms with Gasteiger partial charge in [-0.25, -0.2) is 0 Å². The third kappa shape index (κ3) is 3.41. The lowest BCUT2D eigenvalue weighted by Gasteiger charge is -2.46. The highest BCUT2D eigenvalue weighted by Gasteiger charge is 2.46. The Labute approximate surface area is 141 Å². The van der Waals surface area contributed by atoms with E-state index in [-0.39, 0.29) is 43.7 Å². The van der Waals surface area contributed by atoms with Gasteiger partial charge in [-0.05, 0) is 12.0 Å². The summed E-state index contributed by atoms with van der Waals surface area (Å²) in [5, 5.41) is 18.7. The first-order valence-electron chi connectivity index (χ1n) is 8.20. The van der Waals surface area contributed by atoms with Gasteiger partial charge in [0.15, 0.2) is 0 Å². The van der Waals surface area contributed by atoms with Gasteiger partial charge >= 0.3 is 0 Å². The van der Waals surface area contributed by atoms with Crippen molar-refractivity contribution in [2.45, 2.75) is 24.9 Å². The normalized spacial score (nSPS) is 22.2. The number of hydrogen-bond donors (Lipinski definition) is 1. The Morgan fingerprint density at radius 2 is 2.04 bits per heavy atom. The zero-order valence-corrected chi connectivity index (χ0v) is 13.5. The highest BCUT2D eigenvalue weighted by molar-refractivity contribution is 5.89. The Morgan fingerprint density at radius 3 is 2.71 bits per heavy atom. The fourth-order valence-electron chi connectivity index (χ4n) is 3.40. The van der Waals surface area contributed by atoms with Gasteiger partial charge in [-0.3, -0.25) is 9.59 Å². The summed E-state index contributed by atoms with van der Waals surface area (Å²) >= 11 is 0. The number of likely N-dealkylation sites (tertiary alicyclic amines) is 2. The van der Waals surface area contributed by atoms with Gasteiger partial charge in [-0.15, -0.1) is 0 Å². The molecule has 6 nitrogen and oxygen atoms in total. The summed E-state index contributed by atoms with van der Waals surface area (Å²) in [6.07, 6.45) is 1.05. The van der Waals surface area contributed by atoms with E-state index in [9.17, 15) is 14.7 Å². The molecule has 2 amide bonds. The molecule has 1 aromatic rings. The molecule has 3 rings (SSSR count). The molecule has 1 aromatic carbocycles. The van der Waals surface area contributed by atoms with E-state index in [1.54, 1.807) is 9.80 Å². The quantitative estimate of drug-likeness (QED) is 0.856. The summed E-state index contributed by atoms with van der Waals surface area (Å²) in [6, 6.07) is 11.9. The lowest BCUT2D eigenvalue weighted by molar-refractivity contribution is -0.158. The summed E-state index contributed by atoms with van der Waals surface area (Å²) in [6.45, 7) is 1.44. The van der Waals surface area contributed by atoms with Crippen LogP contribution < -0.4 is 0 Å². The predicted octanol–water partition coefficient (Wildman–Crippen LogP) is 0.565. The maximum Gasteiger partial charge on any atom is 0.228 e. The van der Waals surface area contributed by atoms with Crippen molar-refractivity contribution in [2.75, 3.05) is 26.2 Å². The van der Waals surface area contributed by atoms with Crippen molar-refractivity contribution in [3.63, 3.8) is 0 Å². The first-order valence-corrected chi connectivity index (χ1v) is 8.20. The minimum atomic E-state index is -1.07. The average molecular weight is 327 g/mol. The molecule has 1 N–H and O–H groups in total. The molecule has 24 heavy (non-hydrogen) atoms. The number of carbonyl (C=O) groups excluding carboxylic acids is 2. The summed E-state index contributed by atoms with van der Waals surface area (Å²) in [7, 11) is 0. The van der Waals surface area contributed by atoms with E-state index in [1.807, 2.05) is 36.4 Å². The Kier molecular flexibility index (Phi) is 4.54. The molecule has 0 radical (unpaired) electrons. The lowest BCUT2D eigenvalue weighted by Crippen LogP contribution is -2.64. The van der Waals surface area contributed by atoms with Gasteiger partial charge < -0.3 is 14.9 Å². The van der Waals surface area contributed by atoms with E-state index >= 15 is 0 Å². The zero-order chi connectivity index (χ0) is 17.2. The van der Waals surface area contributed by atoms with Crippen molar-refractivity contribution in [3.8, 4) is 6.07 Å². The van der Waals surface area contributed by atoms with E-state index in [0.29, 0.717) is 13.1 Å². The highest BCUT2D eigenvalue weighted by atomic mass is 16.3. The second-order valence-corrected chi connectivity index (χ2v) is 6.73. The Balaban J connectivity index is 1.50. The minimum Gasteiger partial charge on any atom is -0.385 e. The minimum absolute atomic E-state index is 0.0112. The third-order valence-electron chi connectivity index (χ3n) is 4.77. The number of hydrogen-bond acceptors (Lipinski definition) is 4. The lowest BCUT2D eigenvalue weighted by atomic mass is 9.89. The van der Waals surface area contributed by atoms with Gasteiger partial charge in [-0.1, -0.05) is 30.3 Å². The predicted molar refractivity (Wildman–Crippen MR) is 86.6 cm³/mol. The zero-order valence-electron chi connectivity index (χ0n) is 13.5. The molecule has 0 saturated carbocycles. The second kappa shape index (κ2) is 6.62. The van der Waals surface area contributed by atoms with Crippen LogP contribution in [-0.4, -0.2) is 58.5 Å². The highest BCUT2D eigenvalue weighted by Crippen LogP contribution is 2.28. The molecule has 126 valence electrons. The number of aliphatic hydroxyl groups is 1. The molecule has 0 spiro atoms. The molecular formula is C18H21N3O3. The van der Waals surface area contributed by atoms with Gasteiger partial charge in [0, 0.05) is 19.5 Å². The van der Waals surface area contributed by atoms with Crippen molar-refractivity contribution in [1.29, 1.82) is 5.26 Å². The van der Waals surface area contributed by atoms with E-state index in [2.05, 4.69) is 0 Å². The molecule has 2 aliphatic rings. The summed E-state index contributed by atoms with van der Waals surface area (Å²) in [5.41, 5.74) is 0.101. The second-order valence-electron chi connectivity index (χ2n) is 6.73. The van der Waals surface area contributed by atoms with Gasteiger partial charge in [0.1, 0.15) is 5.60 Å². The molecule has 2 aliphatic heterocycles. The number of carbonyl (C=O) groups is 2. The van der Waals surface area contributed by atoms with Crippen molar-refractivity contribution in [3.05, 3.63) is 35.9 Å². The molecule has 0 bridgehead atoms. The first-order chi connectivity index (χ1) is 11.5. The molecule has 1 atom stereocenters. The van der Waals surface area contributed by atoms with E-state index in [0.717, 1.165) is 6.42 Å². The molecule has 0 aliphatic carbocycles. The van der Waals surface area contributed by atoms with Crippen LogP contribution in [0, 0.1) is 17.2 Å². The summed E-state index contributed by atoms with van der Waals surface area (Å²) in [4.78, 5) is 27.9. The van der Waals surface area contributed by atoms with Crippen molar-refractivity contribution in [2.24, 2.45) is 5.92 Å². The largest absolute Gasteiger partial charge is 0.385 e. The van der Waals surface area contributed by atoms with Gasteiger partial charge in [0.2, 0.25) is 11.8 Å². The van der Waals surface area contributed by atoms with Gasteiger partial charge in [-0.2, -0.15) is 5.26 Å². The molecule has 1 unspecified atom stereocenters. The van der Waals surface area contributed by atoms with Crippen LogP contribution in [0.2, 0.25) is 0 Å². The monoisotopic (exact) mass is 327 g/mol. The number of β-amino-alcohol motifs (C(OH)–C–C–N with tert-alkyl or cyclic N) is 1. The number of amides is 2. The first kappa shape index (κ1) is 16.5. The van der Waals surface area contributed by atoms with E-state index in [4.69, 9.17) is 5.26 Å². The Bertz CT molecular complexity index is 662. The molecule has 6 heteroatoms. The third-order valence-corrected chi connectivity index (χ3v) is 4.77. The smallest absolute Gasteiger partial charge is 0.228 e. The summed E-state index contributed by atoms with van der Waals surface area (Å²) < 4.78 is 0. The molecule has 2 saturated heterocycles. The molecule has 2 heterocycles. The Morgan fingerprint density at radius 1 is 1.33 bits per heavy atom. The number of rotatable bonds is 5. The standard InChI is InChI=1S/C18H21N3O3/c19-8-7-18(24)12-21(13-18)17(23)15-10-16(22)20(11-15)9-6-14-4-2-1-3-5-14/h1-5,15,24H,6-7,9-13H2. The van der Waals surface area contributed by atoms with Crippen molar-refractivity contribution < 1.29 is 14.7 Å². The van der Waals surface area contributed by atoms with Crippen LogP contribution in [0.1, 0.15) is 18.4 Å².